The van der Waals surface area contributed by atoms with E-state index < -0.39 is 0 Å². The maximum absolute atomic E-state index is 11.5. The number of carbonyl (C=O) groups is 1. The van der Waals surface area contributed by atoms with Crippen molar-refractivity contribution in [2.75, 3.05) is 0 Å². The summed E-state index contributed by atoms with van der Waals surface area (Å²) < 4.78 is 0. The molecule has 1 nitrogen and oxygen atoms in total. The van der Waals surface area contributed by atoms with E-state index >= 15 is 0 Å². The molecular weight excluding hydrogens is 160 g/mol. The van der Waals surface area contributed by atoms with Crippen LogP contribution >= 0.6 is 0 Å². The molecule has 1 fully saturated rings. The van der Waals surface area contributed by atoms with Crippen molar-refractivity contribution < 1.29 is 4.79 Å². The van der Waals surface area contributed by atoms with Crippen molar-refractivity contribution >= 4 is 5.78 Å². The number of hydrogen-bond acceptors (Lipinski definition) is 1. The van der Waals surface area contributed by atoms with Crippen molar-refractivity contribution in [3.63, 3.8) is 0 Å². The zero-order chi connectivity index (χ0) is 9.68. The van der Waals surface area contributed by atoms with E-state index in [1.165, 1.54) is 19.3 Å². The first-order valence-electron chi connectivity index (χ1n) is 5.43. The summed E-state index contributed by atoms with van der Waals surface area (Å²) in [7, 11) is 0. The van der Waals surface area contributed by atoms with E-state index in [2.05, 4.69) is 13.5 Å². The molecule has 0 amide bonds. The molecule has 2 atom stereocenters. The average Bonchev–Trinajstić information content (AvgIpc) is 2.46. The zero-order valence-electron chi connectivity index (χ0n) is 8.59. The lowest BCUT2D eigenvalue weighted by Crippen LogP contribution is -2.13. The van der Waals surface area contributed by atoms with Gasteiger partial charge >= 0.3 is 0 Å². The van der Waals surface area contributed by atoms with Crippen LogP contribution in [0, 0.1) is 11.8 Å². The fourth-order valence-corrected chi connectivity index (χ4v) is 2.29. The van der Waals surface area contributed by atoms with Gasteiger partial charge in [0.2, 0.25) is 0 Å². The highest BCUT2D eigenvalue weighted by Crippen LogP contribution is 2.34. The van der Waals surface area contributed by atoms with E-state index in [1.807, 2.05) is 6.08 Å². The number of Topliss-reactive ketones (excluding diaryl/α,β-unsaturated/α-hetero) is 1. The lowest BCUT2D eigenvalue weighted by atomic mass is 9.88. The summed E-state index contributed by atoms with van der Waals surface area (Å²) in [6.45, 7) is 5.93. The summed E-state index contributed by atoms with van der Waals surface area (Å²) in [6, 6.07) is 0. The molecule has 1 heteroatoms. The predicted molar refractivity (Wildman–Crippen MR) is 55.6 cm³/mol. The van der Waals surface area contributed by atoms with Crippen molar-refractivity contribution in [3.05, 3.63) is 12.7 Å². The predicted octanol–water partition coefficient (Wildman–Crippen LogP) is 3.35. The fraction of sp³-hybridized carbons (Fsp3) is 0.750. The highest BCUT2D eigenvalue weighted by Gasteiger charge is 2.32. The Morgan fingerprint density at radius 3 is 3.00 bits per heavy atom. The Bertz CT molecular complexity index is 184. The first kappa shape index (κ1) is 10.5. The van der Waals surface area contributed by atoms with E-state index in [-0.39, 0.29) is 0 Å². The first-order valence-corrected chi connectivity index (χ1v) is 5.43. The Hall–Kier alpha value is -0.590. The number of unbranched alkanes of at least 4 members (excludes halogenated alkanes) is 1. The van der Waals surface area contributed by atoms with Gasteiger partial charge in [0.15, 0.2) is 0 Å². The Morgan fingerprint density at radius 2 is 2.38 bits per heavy atom. The summed E-state index contributed by atoms with van der Waals surface area (Å²) in [5.74, 6) is 1.44. The van der Waals surface area contributed by atoms with Gasteiger partial charge in [0.05, 0.1) is 0 Å². The van der Waals surface area contributed by atoms with Gasteiger partial charge in [0.1, 0.15) is 5.78 Å². The van der Waals surface area contributed by atoms with Crippen molar-refractivity contribution in [1.82, 2.24) is 0 Å². The van der Waals surface area contributed by atoms with Crippen molar-refractivity contribution in [1.29, 1.82) is 0 Å². The second kappa shape index (κ2) is 5.21. The third-order valence-electron chi connectivity index (χ3n) is 3.09. The van der Waals surface area contributed by atoms with Gasteiger partial charge in [0, 0.05) is 12.3 Å². The third-order valence-corrected chi connectivity index (χ3v) is 3.09. The molecule has 0 aromatic heterocycles. The lowest BCUT2D eigenvalue weighted by Gasteiger charge is -2.15. The van der Waals surface area contributed by atoms with E-state index in [0.717, 1.165) is 19.3 Å². The van der Waals surface area contributed by atoms with Gasteiger partial charge in [-0.15, -0.1) is 6.58 Å². The van der Waals surface area contributed by atoms with Crippen molar-refractivity contribution in [2.24, 2.45) is 11.8 Å². The molecule has 0 aliphatic heterocycles. The van der Waals surface area contributed by atoms with Crippen LogP contribution in [-0.4, -0.2) is 5.78 Å². The number of ketones is 1. The average molecular weight is 180 g/mol. The molecule has 0 aromatic rings. The van der Waals surface area contributed by atoms with Crippen LogP contribution in [0.5, 0.6) is 0 Å². The summed E-state index contributed by atoms with van der Waals surface area (Å²) in [5, 5.41) is 0. The van der Waals surface area contributed by atoms with Gasteiger partial charge in [-0.2, -0.15) is 0 Å². The van der Waals surface area contributed by atoms with Crippen LogP contribution in [0.2, 0.25) is 0 Å². The fourth-order valence-electron chi connectivity index (χ4n) is 2.29. The number of allylic oxidation sites excluding steroid dienone is 1. The van der Waals surface area contributed by atoms with Gasteiger partial charge < -0.3 is 0 Å². The maximum atomic E-state index is 11.5. The number of rotatable bonds is 5. The monoisotopic (exact) mass is 180 g/mol. The zero-order valence-corrected chi connectivity index (χ0v) is 8.59. The molecule has 0 radical (unpaired) electrons. The highest BCUT2D eigenvalue weighted by molar-refractivity contribution is 5.83. The standard InChI is InChI=1S/C12H20O/c1-3-5-7-10-8-9-12(13)11(10)6-4-2/h4,10-11H,2-3,5-9H2,1H3/t10-,11-/m0/s1. The van der Waals surface area contributed by atoms with E-state index in [0.29, 0.717) is 17.6 Å². The van der Waals surface area contributed by atoms with Gasteiger partial charge in [-0.1, -0.05) is 25.8 Å². The van der Waals surface area contributed by atoms with Gasteiger partial charge in [0.25, 0.3) is 0 Å². The molecule has 1 saturated carbocycles. The van der Waals surface area contributed by atoms with E-state index in [1.54, 1.807) is 0 Å². The Labute approximate surface area is 81.2 Å². The molecule has 0 unspecified atom stereocenters. The van der Waals surface area contributed by atoms with Crippen LogP contribution in [0.3, 0.4) is 0 Å². The minimum atomic E-state index is 0.309. The quantitative estimate of drug-likeness (QED) is 0.593. The second-order valence-electron chi connectivity index (χ2n) is 4.04. The molecule has 0 spiro atoms. The van der Waals surface area contributed by atoms with E-state index in [9.17, 15) is 4.79 Å². The normalized spacial score (nSPS) is 27.9. The van der Waals surface area contributed by atoms with E-state index in [4.69, 9.17) is 0 Å². The summed E-state index contributed by atoms with van der Waals surface area (Å²) in [5.41, 5.74) is 0. The minimum absolute atomic E-state index is 0.309. The maximum Gasteiger partial charge on any atom is 0.136 e. The van der Waals surface area contributed by atoms with Gasteiger partial charge in [-0.05, 0) is 25.2 Å². The van der Waals surface area contributed by atoms with Crippen molar-refractivity contribution in [2.45, 2.75) is 45.4 Å². The van der Waals surface area contributed by atoms with Crippen LogP contribution in [0.25, 0.3) is 0 Å². The lowest BCUT2D eigenvalue weighted by molar-refractivity contribution is -0.121. The molecule has 0 aromatic carbocycles. The molecule has 0 saturated heterocycles. The topological polar surface area (TPSA) is 17.1 Å². The molecule has 1 aliphatic rings. The summed E-state index contributed by atoms with van der Waals surface area (Å²) in [4.78, 5) is 11.5. The first-order chi connectivity index (χ1) is 6.29. The van der Waals surface area contributed by atoms with Crippen LogP contribution in [-0.2, 0) is 4.79 Å². The second-order valence-corrected chi connectivity index (χ2v) is 4.04. The highest BCUT2D eigenvalue weighted by atomic mass is 16.1. The Morgan fingerprint density at radius 1 is 1.62 bits per heavy atom. The smallest absolute Gasteiger partial charge is 0.136 e. The Balaban J connectivity index is 2.43. The molecule has 74 valence electrons. The summed E-state index contributed by atoms with van der Waals surface area (Å²) >= 11 is 0. The minimum Gasteiger partial charge on any atom is -0.299 e. The third kappa shape index (κ3) is 2.68. The number of hydrogen-bond donors (Lipinski definition) is 0. The Kier molecular flexibility index (Phi) is 4.20. The van der Waals surface area contributed by atoms with Crippen LogP contribution in [0.15, 0.2) is 12.7 Å². The molecule has 1 rings (SSSR count). The molecule has 13 heavy (non-hydrogen) atoms. The van der Waals surface area contributed by atoms with Crippen LogP contribution in [0.1, 0.15) is 45.4 Å². The molecule has 0 N–H and O–H groups in total. The van der Waals surface area contributed by atoms with Gasteiger partial charge in [-0.25, -0.2) is 0 Å². The summed E-state index contributed by atoms with van der Waals surface area (Å²) in [6.07, 6.45) is 8.47. The molecule has 1 aliphatic carbocycles. The molecular formula is C12H20O. The SMILES string of the molecule is C=CC[C@@H]1C(=O)CC[C@@H]1CCCC. The molecule has 0 bridgehead atoms. The largest absolute Gasteiger partial charge is 0.299 e. The number of carbonyl (C=O) groups excluding carboxylic acids is 1. The van der Waals surface area contributed by atoms with Crippen LogP contribution < -0.4 is 0 Å². The van der Waals surface area contributed by atoms with Gasteiger partial charge in [-0.3, -0.25) is 4.79 Å². The molecule has 0 heterocycles. The van der Waals surface area contributed by atoms with Crippen molar-refractivity contribution in [3.8, 4) is 0 Å². The van der Waals surface area contributed by atoms with Crippen LogP contribution in [0.4, 0.5) is 0 Å².